The number of nitrogens with two attached hydrogens (primary N) is 1. The first-order valence-corrected chi connectivity index (χ1v) is 8.17. The van der Waals surface area contributed by atoms with Gasteiger partial charge < -0.3 is 25.4 Å². The fourth-order valence-electron chi connectivity index (χ4n) is 2.90. The fraction of sp³-hybridized carbons (Fsp3) is 0.588. The van der Waals surface area contributed by atoms with Gasteiger partial charge in [-0.1, -0.05) is 6.92 Å². The van der Waals surface area contributed by atoms with Gasteiger partial charge >= 0.3 is 0 Å². The van der Waals surface area contributed by atoms with E-state index in [2.05, 4.69) is 22.1 Å². The maximum atomic E-state index is 6.03. The van der Waals surface area contributed by atoms with Crippen LogP contribution in [0.5, 0.6) is 11.5 Å². The average molecular weight is 448 g/mol. The van der Waals surface area contributed by atoms with Gasteiger partial charge in [0.2, 0.25) is 0 Å². The van der Waals surface area contributed by atoms with E-state index in [0.29, 0.717) is 17.6 Å². The summed E-state index contributed by atoms with van der Waals surface area (Å²) < 4.78 is 10.6. The van der Waals surface area contributed by atoms with Crippen LogP contribution < -0.4 is 20.5 Å². The first-order chi connectivity index (χ1) is 11.2. The first kappa shape index (κ1) is 20.8. The Bertz CT molecular complexity index is 539. The van der Waals surface area contributed by atoms with E-state index in [4.69, 9.17) is 15.2 Å². The number of ether oxygens (including phenoxy) is 2. The predicted octanol–water partition coefficient (Wildman–Crippen LogP) is 2.78. The minimum atomic E-state index is 0. The number of benzene rings is 1. The number of nitrogens with zero attached hydrogens (tertiary/aromatic N) is 2. The normalized spacial score (nSPS) is 18.6. The third kappa shape index (κ3) is 6.01. The van der Waals surface area contributed by atoms with Crippen molar-refractivity contribution < 1.29 is 9.47 Å². The monoisotopic (exact) mass is 448 g/mol. The molecule has 0 aromatic heterocycles. The molecule has 1 aliphatic heterocycles. The van der Waals surface area contributed by atoms with Crippen LogP contribution in [0.4, 0.5) is 5.69 Å². The van der Waals surface area contributed by atoms with Crippen molar-refractivity contribution in [3.63, 3.8) is 0 Å². The van der Waals surface area contributed by atoms with Crippen LogP contribution in [0.15, 0.2) is 23.2 Å². The van der Waals surface area contributed by atoms with Gasteiger partial charge in [-0.3, -0.25) is 4.99 Å². The van der Waals surface area contributed by atoms with Crippen molar-refractivity contribution in [1.29, 1.82) is 0 Å². The Morgan fingerprint density at radius 3 is 2.83 bits per heavy atom. The second-order valence-electron chi connectivity index (χ2n) is 5.82. The van der Waals surface area contributed by atoms with Gasteiger partial charge in [0.15, 0.2) is 5.96 Å². The van der Waals surface area contributed by atoms with Crippen LogP contribution in [0.2, 0.25) is 0 Å². The highest BCUT2D eigenvalue weighted by atomic mass is 127. The quantitative estimate of drug-likeness (QED) is 0.398. The molecule has 6 nitrogen and oxygen atoms in total. The van der Waals surface area contributed by atoms with Crippen molar-refractivity contribution in [2.45, 2.75) is 19.8 Å². The lowest BCUT2D eigenvalue weighted by Crippen LogP contribution is -2.36. The standard InChI is InChI=1S/C17H28N4O2.HI/c1-4-21-9-5-6-13(12-21)11-19-17(18)20-15-10-14(22-2)7-8-16(15)23-3;/h7-8,10,13H,4-6,9,11-12H2,1-3H3,(H3,18,19,20);1H. The molecule has 7 heteroatoms. The number of aliphatic imine (C=N–C) groups is 1. The van der Waals surface area contributed by atoms with Crippen molar-refractivity contribution in [1.82, 2.24) is 4.90 Å². The third-order valence-electron chi connectivity index (χ3n) is 4.24. The average Bonchev–Trinajstić information content (AvgIpc) is 2.60. The van der Waals surface area contributed by atoms with Gasteiger partial charge in [0.05, 0.1) is 19.9 Å². The fourth-order valence-corrected chi connectivity index (χ4v) is 2.90. The zero-order chi connectivity index (χ0) is 16.7. The van der Waals surface area contributed by atoms with E-state index in [-0.39, 0.29) is 24.0 Å². The molecular weight excluding hydrogens is 419 g/mol. The zero-order valence-electron chi connectivity index (χ0n) is 14.7. The Morgan fingerprint density at radius 1 is 1.38 bits per heavy atom. The maximum Gasteiger partial charge on any atom is 0.193 e. The molecule has 1 aromatic rings. The topological polar surface area (TPSA) is 72.1 Å². The van der Waals surface area contributed by atoms with Gasteiger partial charge in [-0.2, -0.15) is 0 Å². The van der Waals surface area contributed by atoms with E-state index in [0.717, 1.165) is 31.1 Å². The van der Waals surface area contributed by atoms with Crippen LogP contribution in [0.3, 0.4) is 0 Å². The minimum absolute atomic E-state index is 0. The van der Waals surface area contributed by atoms with E-state index in [1.165, 1.54) is 19.4 Å². The second kappa shape index (κ2) is 10.6. The smallest absolute Gasteiger partial charge is 0.193 e. The molecule has 0 spiro atoms. The van der Waals surface area contributed by atoms with Crippen molar-refractivity contribution in [2.24, 2.45) is 16.6 Å². The number of methoxy groups -OCH3 is 2. The van der Waals surface area contributed by atoms with E-state index >= 15 is 0 Å². The van der Waals surface area contributed by atoms with Crippen LogP contribution in [-0.2, 0) is 0 Å². The van der Waals surface area contributed by atoms with Crippen LogP contribution in [0.1, 0.15) is 19.8 Å². The van der Waals surface area contributed by atoms with E-state index in [1.807, 2.05) is 18.2 Å². The molecule has 0 radical (unpaired) electrons. The minimum Gasteiger partial charge on any atom is -0.497 e. The van der Waals surface area contributed by atoms with Gasteiger partial charge in [-0.25, -0.2) is 0 Å². The van der Waals surface area contributed by atoms with E-state index in [9.17, 15) is 0 Å². The summed E-state index contributed by atoms with van der Waals surface area (Å²) in [5.74, 6) is 2.44. The highest BCUT2D eigenvalue weighted by Crippen LogP contribution is 2.28. The first-order valence-electron chi connectivity index (χ1n) is 8.17. The Hall–Kier alpha value is -1.22. The van der Waals surface area contributed by atoms with Crippen LogP contribution in [-0.4, -0.2) is 51.3 Å². The second-order valence-corrected chi connectivity index (χ2v) is 5.82. The number of piperidine rings is 1. The summed E-state index contributed by atoms with van der Waals surface area (Å²) in [6.07, 6.45) is 2.46. The molecule has 1 fully saturated rings. The van der Waals surface area contributed by atoms with Gasteiger partial charge in [0, 0.05) is 19.2 Å². The number of nitrogens with one attached hydrogen (secondary N) is 1. The largest absolute Gasteiger partial charge is 0.497 e. The van der Waals surface area contributed by atoms with Crippen molar-refractivity contribution >= 4 is 35.6 Å². The lowest BCUT2D eigenvalue weighted by Gasteiger charge is -2.30. The SMILES string of the molecule is CCN1CCCC(CN=C(N)Nc2cc(OC)ccc2OC)C1.I. The summed E-state index contributed by atoms with van der Waals surface area (Å²) in [5.41, 5.74) is 6.79. The molecule has 1 saturated heterocycles. The molecule has 0 aliphatic carbocycles. The molecule has 1 aromatic carbocycles. The van der Waals surface area contributed by atoms with Gasteiger partial charge in [0.1, 0.15) is 11.5 Å². The molecule has 24 heavy (non-hydrogen) atoms. The number of halogens is 1. The Labute approximate surface area is 161 Å². The van der Waals surface area contributed by atoms with Crippen LogP contribution in [0, 0.1) is 5.92 Å². The molecule has 1 heterocycles. The molecular formula is C17H29IN4O2. The number of hydrogen-bond acceptors (Lipinski definition) is 4. The molecule has 1 atom stereocenters. The van der Waals surface area contributed by atoms with Gasteiger partial charge in [0.25, 0.3) is 0 Å². The summed E-state index contributed by atoms with van der Waals surface area (Å²) >= 11 is 0. The van der Waals surface area contributed by atoms with Crippen molar-refractivity contribution in [2.75, 3.05) is 45.7 Å². The zero-order valence-corrected chi connectivity index (χ0v) is 17.1. The molecule has 136 valence electrons. The summed E-state index contributed by atoms with van der Waals surface area (Å²) in [6.45, 7) is 6.37. The predicted molar refractivity (Wildman–Crippen MR) is 110 cm³/mol. The highest BCUT2D eigenvalue weighted by Gasteiger charge is 2.18. The summed E-state index contributed by atoms with van der Waals surface area (Å²) in [5, 5.41) is 3.11. The lowest BCUT2D eigenvalue weighted by atomic mass is 9.98. The molecule has 3 N–H and O–H groups in total. The summed E-state index contributed by atoms with van der Waals surface area (Å²) in [4.78, 5) is 6.97. The molecule has 0 amide bonds. The number of guanidine groups is 1. The van der Waals surface area contributed by atoms with Crippen LogP contribution >= 0.6 is 24.0 Å². The summed E-state index contributed by atoms with van der Waals surface area (Å²) in [7, 11) is 3.26. The maximum absolute atomic E-state index is 6.03. The van der Waals surface area contributed by atoms with Gasteiger partial charge in [-0.15, -0.1) is 24.0 Å². The van der Waals surface area contributed by atoms with Crippen molar-refractivity contribution in [3.05, 3.63) is 18.2 Å². The van der Waals surface area contributed by atoms with E-state index in [1.54, 1.807) is 14.2 Å². The molecule has 0 bridgehead atoms. The third-order valence-corrected chi connectivity index (χ3v) is 4.24. The molecule has 1 unspecified atom stereocenters. The lowest BCUT2D eigenvalue weighted by molar-refractivity contribution is 0.187. The number of likely N-dealkylation sites (tertiary alicyclic amines) is 1. The Balaban J connectivity index is 0.00000288. The Morgan fingerprint density at radius 2 is 2.17 bits per heavy atom. The molecule has 0 saturated carbocycles. The number of rotatable bonds is 6. The summed E-state index contributed by atoms with van der Waals surface area (Å²) in [6, 6.07) is 5.54. The molecule has 1 aliphatic rings. The molecule has 2 rings (SSSR count). The van der Waals surface area contributed by atoms with E-state index < -0.39 is 0 Å². The Kier molecular flexibility index (Phi) is 9.20. The number of hydrogen-bond donors (Lipinski definition) is 2. The van der Waals surface area contributed by atoms with Gasteiger partial charge in [-0.05, 0) is 44.0 Å². The number of anilines is 1. The highest BCUT2D eigenvalue weighted by molar-refractivity contribution is 14.0. The van der Waals surface area contributed by atoms with Crippen LogP contribution in [0.25, 0.3) is 0 Å². The van der Waals surface area contributed by atoms with Crippen molar-refractivity contribution in [3.8, 4) is 11.5 Å².